The number of rotatable bonds is 3. The zero-order valence-corrected chi connectivity index (χ0v) is 12.0. The van der Waals surface area contributed by atoms with E-state index in [2.05, 4.69) is 5.16 Å². The van der Waals surface area contributed by atoms with Gasteiger partial charge in [0, 0.05) is 23.4 Å². The van der Waals surface area contributed by atoms with Crippen LogP contribution in [-0.2, 0) is 6.54 Å². The lowest BCUT2D eigenvalue weighted by Crippen LogP contribution is -2.19. The van der Waals surface area contributed by atoms with E-state index in [0.717, 1.165) is 28.1 Å². The van der Waals surface area contributed by atoms with Crippen LogP contribution < -0.4 is 5.56 Å². The lowest BCUT2D eigenvalue weighted by atomic mass is 10.1. The molecule has 4 nitrogen and oxygen atoms in total. The predicted molar refractivity (Wildman–Crippen MR) is 81.2 cm³/mol. The highest BCUT2D eigenvalue weighted by atomic mass is 16.5. The highest BCUT2D eigenvalue weighted by Gasteiger charge is 2.12. The van der Waals surface area contributed by atoms with Gasteiger partial charge in [0.05, 0.1) is 12.2 Å². The maximum Gasteiger partial charge on any atom is 0.250 e. The summed E-state index contributed by atoms with van der Waals surface area (Å²) in [6.07, 6.45) is 1.86. The summed E-state index contributed by atoms with van der Waals surface area (Å²) < 4.78 is 6.91. The van der Waals surface area contributed by atoms with Crippen molar-refractivity contribution in [3.05, 3.63) is 76.0 Å². The molecule has 2 aromatic heterocycles. The lowest BCUT2D eigenvalue weighted by Gasteiger charge is -2.08. The minimum Gasteiger partial charge on any atom is -0.361 e. The van der Waals surface area contributed by atoms with Gasteiger partial charge in [-0.05, 0) is 25.5 Å². The van der Waals surface area contributed by atoms with Crippen LogP contribution in [0.25, 0.3) is 11.1 Å². The van der Waals surface area contributed by atoms with Crippen molar-refractivity contribution in [1.82, 2.24) is 9.72 Å². The monoisotopic (exact) mass is 280 g/mol. The topological polar surface area (TPSA) is 48.0 Å². The molecule has 0 N–H and O–H groups in total. The summed E-state index contributed by atoms with van der Waals surface area (Å²) in [5, 5.41) is 3.97. The molecule has 0 atom stereocenters. The molecule has 0 unspecified atom stereocenters. The van der Waals surface area contributed by atoms with Crippen molar-refractivity contribution >= 4 is 0 Å². The van der Waals surface area contributed by atoms with E-state index in [1.807, 2.05) is 56.4 Å². The fourth-order valence-corrected chi connectivity index (χ4v) is 2.48. The number of aromatic nitrogens is 2. The first-order chi connectivity index (χ1) is 10.1. The van der Waals surface area contributed by atoms with Crippen molar-refractivity contribution in [2.75, 3.05) is 0 Å². The van der Waals surface area contributed by atoms with Gasteiger partial charge in [-0.2, -0.15) is 0 Å². The van der Waals surface area contributed by atoms with E-state index in [0.29, 0.717) is 6.54 Å². The Labute approximate surface area is 122 Å². The zero-order valence-electron chi connectivity index (χ0n) is 12.0. The van der Waals surface area contributed by atoms with E-state index in [1.54, 1.807) is 10.6 Å². The molecule has 0 saturated heterocycles. The summed E-state index contributed by atoms with van der Waals surface area (Å²) in [7, 11) is 0. The van der Waals surface area contributed by atoms with Crippen molar-refractivity contribution in [3.8, 4) is 11.1 Å². The fraction of sp³-hybridized carbons (Fsp3) is 0.176. The molecule has 106 valence electrons. The molecular formula is C17H16N2O2. The summed E-state index contributed by atoms with van der Waals surface area (Å²) >= 11 is 0. The van der Waals surface area contributed by atoms with Gasteiger partial charge in [0.15, 0.2) is 0 Å². The molecule has 3 rings (SSSR count). The molecule has 1 aromatic carbocycles. The lowest BCUT2D eigenvalue weighted by molar-refractivity contribution is 0.393. The maximum absolute atomic E-state index is 12.0. The molecule has 2 heterocycles. The van der Waals surface area contributed by atoms with Crippen LogP contribution in [0.3, 0.4) is 0 Å². The van der Waals surface area contributed by atoms with Gasteiger partial charge in [0.2, 0.25) is 0 Å². The van der Waals surface area contributed by atoms with Gasteiger partial charge in [-0.15, -0.1) is 0 Å². The molecule has 21 heavy (non-hydrogen) atoms. The SMILES string of the molecule is Cc1noc(C)c1-c1ccc(=O)n(Cc2ccccc2)c1. The maximum atomic E-state index is 12.0. The normalized spacial score (nSPS) is 10.8. The third kappa shape index (κ3) is 2.65. The number of hydrogen-bond acceptors (Lipinski definition) is 3. The first kappa shape index (κ1) is 13.4. The molecule has 4 heteroatoms. The van der Waals surface area contributed by atoms with Crippen molar-refractivity contribution in [3.63, 3.8) is 0 Å². The Morgan fingerprint density at radius 3 is 2.52 bits per heavy atom. The summed E-state index contributed by atoms with van der Waals surface area (Å²) in [6.45, 7) is 4.33. The fourth-order valence-electron chi connectivity index (χ4n) is 2.48. The molecular weight excluding hydrogens is 264 g/mol. The van der Waals surface area contributed by atoms with Gasteiger partial charge in [0.25, 0.3) is 5.56 Å². The number of nitrogens with zero attached hydrogens (tertiary/aromatic N) is 2. The molecule has 0 amide bonds. The number of aryl methyl sites for hydroxylation is 2. The van der Waals surface area contributed by atoms with Crippen LogP contribution >= 0.6 is 0 Å². The van der Waals surface area contributed by atoms with E-state index in [1.165, 1.54) is 0 Å². The van der Waals surface area contributed by atoms with Crippen LogP contribution in [0.1, 0.15) is 17.0 Å². The summed E-state index contributed by atoms with van der Waals surface area (Å²) in [5.41, 5.74) is 3.81. The summed E-state index contributed by atoms with van der Waals surface area (Å²) in [6, 6.07) is 13.3. The van der Waals surface area contributed by atoms with E-state index < -0.39 is 0 Å². The molecule has 0 aliphatic heterocycles. The molecule has 0 aliphatic carbocycles. The Hall–Kier alpha value is -2.62. The molecule has 3 aromatic rings. The number of hydrogen-bond donors (Lipinski definition) is 0. The molecule has 0 aliphatic rings. The minimum atomic E-state index is -0.0191. The second kappa shape index (κ2) is 5.40. The van der Waals surface area contributed by atoms with Crippen LogP contribution in [0.5, 0.6) is 0 Å². The summed E-state index contributed by atoms with van der Waals surface area (Å²) in [4.78, 5) is 12.0. The van der Waals surface area contributed by atoms with Gasteiger partial charge < -0.3 is 9.09 Å². The van der Waals surface area contributed by atoms with Gasteiger partial charge in [-0.3, -0.25) is 4.79 Å². The number of pyridine rings is 1. The van der Waals surface area contributed by atoms with Crippen molar-refractivity contribution in [2.24, 2.45) is 0 Å². The quantitative estimate of drug-likeness (QED) is 0.740. The highest BCUT2D eigenvalue weighted by molar-refractivity contribution is 5.66. The molecule has 0 bridgehead atoms. The Kier molecular flexibility index (Phi) is 3.44. The molecule has 0 radical (unpaired) electrons. The van der Waals surface area contributed by atoms with Gasteiger partial charge in [-0.25, -0.2) is 0 Å². The third-order valence-corrected chi connectivity index (χ3v) is 3.50. The molecule has 0 fully saturated rings. The smallest absolute Gasteiger partial charge is 0.250 e. The Bertz CT molecular complexity index is 797. The summed E-state index contributed by atoms with van der Waals surface area (Å²) in [5.74, 6) is 0.761. The van der Waals surface area contributed by atoms with E-state index >= 15 is 0 Å². The standard InChI is InChI=1S/C17H16N2O2/c1-12-17(13(2)21-18-12)15-8-9-16(20)19(11-15)10-14-6-4-3-5-7-14/h3-9,11H,10H2,1-2H3. The van der Waals surface area contributed by atoms with Crippen LogP contribution in [0.2, 0.25) is 0 Å². The highest BCUT2D eigenvalue weighted by Crippen LogP contribution is 2.25. The first-order valence-electron chi connectivity index (χ1n) is 6.83. The van der Waals surface area contributed by atoms with Crippen LogP contribution in [-0.4, -0.2) is 9.72 Å². The largest absolute Gasteiger partial charge is 0.361 e. The van der Waals surface area contributed by atoms with Crippen LogP contribution in [0, 0.1) is 13.8 Å². The van der Waals surface area contributed by atoms with Crippen molar-refractivity contribution in [2.45, 2.75) is 20.4 Å². The van der Waals surface area contributed by atoms with E-state index in [4.69, 9.17) is 4.52 Å². The second-order valence-electron chi connectivity index (χ2n) is 5.07. The number of benzene rings is 1. The predicted octanol–water partition coefficient (Wildman–Crippen LogP) is 3.17. The second-order valence-corrected chi connectivity index (χ2v) is 5.07. The van der Waals surface area contributed by atoms with Crippen LogP contribution in [0.4, 0.5) is 0 Å². The average molecular weight is 280 g/mol. The van der Waals surface area contributed by atoms with Crippen molar-refractivity contribution < 1.29 is 4.52 Å². The van der Waals surface area contributed by atoms with E-state index in [9.17, 15) is 4.79 Å². The van der Waals surface area contributed by atoms with Gasteiger partial charge in [-0.1, -0.05) is 35.5 Å². The zero-order chi connectivity index (χ0) is 14.8. The Balaban J connectivity index is 2.03. The Morgan fingerprint density at radius 2 is 1.86 bits per heavy atom. The Morgan fingerprint density at radius 1 is 1.10 bits per heavy atom. The first-order valence-corrected chi connectivity index (χ1v) is 6.83. The third-order valence-electron chi connectivity index (χ3n) is 3.50. The van der Waals surface area contributed by atoms with Gasteiger partial charge in [0.1, 0.15) is 5.76 Å². The van der Waals surface area contributed by atoms with Gasteiger partial charge >= 0.3 is 0 Å². The molecule has 0 saturated carbocycles. The van der Waals surface area contributed by atoms with E-state index in [-0.39, 0.29) is 5.56 Å². The van der Waals surface area contributed by atoms with Crippen LogP contribution in [0.15, 0.2) is 58.0 Å². The van der Waals surface area contributed by atoms with Crippen molar-refractivity contribution in [1.29, 1.82) is 0 Å². The average Bonchev–Trinajstić information content (AvgIpc) is 2.82. The minimum absolute atomic E-state index is 0.0191. The molecule has 0 spiro atoms.